The topological polar surface area (TPSA) is 25.2 Å². The van der Waals surface area contributed by atoms with Gasteiger partial charge in [0.2, 0.25) is 0 Å². The number of hydrogen-bond donors (Lipinski definition) is 0. The van der Waals surface area contributed by atoms with Crippen LogP contribution in [0.1, 0.15) is 30.0 Å². The van der Waals surface area contributed by atoms with Gasteiger partial charge in [-0.05, 0) is 30.0 Å². The van der Waals surface area contributed by atoms with E-state index in [-0.39, 0.29) is 0 Å². The second kappa shape index (κ2) is 4.50. The fraction of sp³-hybridized carbons (Fsp3) is 0.200. The third-order valence-corrected chi connectivity index (χ3v) is 3.14. The van der Waals surface area contributed by atoms with Crippen LogP contribution in [0.25, 0.3) is 0 Å². The van der Waals surface area contributed by atoms with Gasteiger partial charge in [0.25, 0.3) is 0 Å². The summed E-state index contributed by atoms with van der Waals surface area (Å²) in [6.45, 7) is 0. The monoisotopic (exact) mass is 222 g/mol. The van der Waals surface area contributed by atoms with Crippen molar-refractivity contribution in [1.29, 1.82) is 0 Å². The Bertz CT molecular complexity index is 517. The molecule has 0 radical (unpaired) electrons. The Morgan fingerprint density at radius 3 is 2.65 bits per heavy atom. The van der Waals surface area contributed by atoms with E-state index in [2.05, 4.69) is 35.3 Å². The Labute approximate surface area is 101 Å². The lowest BCUT2D eigenvalue weighted by Crippen LogP contribution is -1.94. The molecule has 0 bridgehead atoms. The molecule has 1 aromatic heterocycles. The second-order valence-electron chi connectivity index (χ2n) is 4.28. The number of benzene rings is 1. The lowest BCUT2D eigenvalue weighted by Gasteiger charge is -2.04. The van der Waals surface area contributed by atoms with Crippen molar-refractivity contribution in [2.24, 2.45) is 4.99 Å². The average molecular weight is 222 g/mol. The number of rotatable bonds is 2. The minimum atomic E-state index is 0.291. The van der Waals surface area contributed by atoms with Gasteiger partial charge in [-0.1, -0.05) is 36.4 Å². The summed E-state index contributed by atoms with van der Waals surface area (Å²) in [5, 5.41) is 0. The molecule has 2 nitrogen and oxygen atoms in total. The summed E-state index contributed by atoms with van der Waals surface area (Å²) in [5.74, 6) is 0. The molecule has 84 valence electrons. The molecule has 0 saturated carbocycles. The van der Waals surface area contributed by atoms with Gasteiger partial charge in [0.1, 0.15) is 0 Å². The molecule has 1 atom stereocenters. The number of hydrogen-bond acceptors (Lipinski definition) is 2. The van der Waals surface area contributed by atoms with E-state index >= 15 is 0 Å². The van der Waals surface area contributed by atoms with E-state index in [0.717, 1.165) is 12.8 Å². The number of pyridine rings is 1. The SMILES string of the molecule is c1ccc(C2=NC(c3cccnc3)CC2)cc1. The van der Waals surface area contributed by atoms with Gasteiger partial charge < -0.3 is 0 Å². The van der Waals surface area contributed by atoms with Gasteiger partial charge in [0, 0.05) is 18.1 Å². The van der Waals surface area contributed by atoms with Crippen LogP contribution < -0.4 is 0 Å². The lowest BCUT2D eigenvalue weighted by molar-refractivity contribution is 0.719. The molecular weight excluding hydrogens is 208 g/mol. The highest BCUT2D eigenvalue weighted by molar-refractivity contribution is 6.01. The van der Waals surface area contributed by atoms with Crippen LogP contribution in [0.3, 0.4) is 0 Å². The smallest absolute Gasteiger partial charge is 0.0771 e. The molecule has 0 saturated heterocycles. The highest BCUT2D eigenvalue weighted by Crippen LogP contribution is 2.30. The van der Waals surface area contributed by atoms with Crippen molar-refractivity contribution in [2.45, 2.75) is 18.9 Å². The van der Waals surface area contributed by atoms with Crippen molar-refractivity contribution < 1.29 is 0 Å². The fourth-order valence-corrected chi connectivity index (χ4v) is 2.25. The van der Waals surface area contributed by atoms with Crippen molar-refractivity contribution in [1.82, 2.24) is 4.98 Å². The summed E-state index contributed by atoms with van der Waals surface area (Å²) in [5.41, 5.74) is 3.69. The maximum Gasteiger partial charge on any atom is 0.0771 e. The van der Waals surface area contributed by atoms with Crippen molar-refractivity contribution in [3.8, 4) is 0 Å². The largest absolute Gasteiger partial charge is 0.281 e. The predicted octanol–water partition coefficient (Wildman–Crippen LogP) is 3.41. The third kappa shape index (κ3) is 2.11. The number of nitrogens with zero attached hydrogens (tertiary/aromatic N) is 2. The van der Waals surface area contributed by atoms with Crippen molar-refractivity contribution >= 4 is 5.71 Å². The summed E-state index contributed by atoms with van der Waals surface area (Å²) in [6.07, 6.45) is 5.88. The molecule has 0 N–H and O–H groups in total. The second-order valence-corrected chi connectivity index (χ2v) is 4.28. The molecule has 2 aromatic rings. The Hall–Kier alpha value is -1.96. The zero-order valence-corrected chi connectivity index (χ0v) is 9.58. The third-order valence-electron chi connectivity index (χ3n) is 3.14. The molecule has 17 heavy (non-hydrogen) atoms. The van der Waals surface area contributed by atoms with E-state index in [9.17, 15) is 0 Å². The normalized spacial score (nSPS) is 19.1. The van der Waals surface area contributed by atoms with Crippen LogP contribution in [-0.4, -0.2) is 10.7 Å². The maximum absolute atomic E-state index is 4.81. The minimum absolute atomic E-state index is 0.291. The number of aromatic nitrogens is 1. The summed E-state index contributed by atoms with van der Waals surface area (Å²) in [7, 11) is 0. The van der Waals surface area contributed by atoms with Gasteiger partial charge in [0.05, 0.1) is 6.04 Å². The van der Waals surface area contributed by atoms with Gasteiger partial charge in [-0.3, -0.25) is 9.98 Å². The first-order chi connectivity index (χ1) is 8.43. The van der Waals surface area contributed by atoms with Crippen LogP contribution in [0.4, 0.5) is 0 Å². The van der Waals surface area contributed by atoms with Crippen LogP contribution in [0.2, 0.25) is 0 Å². The molecule has 0 fully saturated rings. The summed E-state index contributed by atoms with van der Waals surface area (Å²) < 4.78 is 0. The van der Waals surface area contributed by atoms with E-state index in [1.165, 1.54) is 16.8 Å². The van der Waals surface area contributed by atoms with E-state index in [1.54, 1.807) is 6.20 Å². The molecule has 1 aromatic carbocycles. The van der Waals surface area contributed by atoms with Crippen molar-refractivity contribution in [3.05, 3.63) is 66.0 Å². The molecule has 1 aliphatic rings. The van der Waals surface area contributed by atoms with E-state index in [1.807, 2.05) is 18.3 Å². The first kappa shape index (κ1) is 10.2. The van der Waals surface area contributed by atoms with Gasteiger partial charge in [-0.2, -0.15) is 0 Å². The minimum Gasteiger partial charge on any atom is -0.281 e. The van der Waals surface area contributed by atoms with Crippen LogP contribution in [0.15, 0.2) is 59.9 Å². The molecular formula is C15H14N2. The molecule has 0 amide bonds. The summed E-state index contributed by atoms with van der Waals surface area (Å²) in [4.78, 5) is 8.96. The van der Waals surface area contributed by atoms with Crippen LogP contribution in [0.5, 0.6) is 0 Å². The molecule has 2 heterocycles. The summed E-state index contributed by atoms with van der Waals surface area (Å²) in [6, 6.07) is 14.8. The molecule has 2 heteroatoms. The van der Waals surface area contributed by atoms with Gasteiger partial charge in [-0.25, -0.2) is 0 Å². The Morgan fingerprint density at radius 2 is 1.88 bits per heavy atom. The Morgan fingerprint density at radius 1 is 1.00 bits per heavy atom. The molecule has 0 aliphatic carbocycles. The first-order valence-electron chi connectivity index (χ1n) is 5.95. The van der Waals surface area contributed by atoms with E-state index in [4.69, 9.17) is 4.99 Å². The van der Waals surface area contributed by atoms with Crippen LogP contribution in [-0.2, 0) is 0 Å². The summed E-state index contributed by atoms with van der Waals surface area (Å²) >= 11 is 0. The molecule has 0 spiro atoms. The zero-order valence-electron chi connectivity index (χ0n) is 9.58. The Balaban J connectivity index is 1.87. The predicted molar refractivity (Wildman–Crippen MR) is 69.2 cm³/mol. The molecule has 1 aliphatic heterocycles. The quantitative estimate of drug-likeness (QED) is 0.764. The van der Waals surface area contributed by atoms with Crippen LogP contribution >= 0.6 is 0 Å². The van der Waals surface area contributed by atoms with Gasteiger partial charge in [0.15, 0.2) is 0 Å². The Kier molecular flexibility index (Phi) is 2.70. The first-order valence-corrected chi connectivity index (χ1v) is 5.95. The molecule has 1 unspecified atom stereocenters. The van der Waals surface area contributed by atoms with Gasteiger partial charge in [-0.15, -0.1) is 0 Å². The van der Waals surface area contributed by atoms with Crippen LogP contribution in [0, 0.1) is 0 Å². The maximum atomic E-state index is 4.81. The average Bonchev–Trinajstić information content (AvgIpc) is 2.90. The molecule has 3 rings (SSSR count). The lowest BCUT2D eigenvalue weighted by atomic mass is 10.0. The van der Waals surface area contributed by atoms with E-state index < -0.39 is 0 Å². The number of aliphatic imine (C=N–C) groups is 1. The van der Waals surface area contributed by atoms with E-state index in [0.29, 0.717) is 6.04 Å². The highest BCUT2D eigenvalue weighted by atomic mass is 14.8. The fourth-order valence-electron chi connectivity index (χ4n) is 2.25. The standard InChI is InChI=1S/C15H14N2/c1-2-5-12(6-3-1)14-8-9-15(17-14)13-7-4-10-16-11-13/h1-7,10-11,15H,8-9H2. The van der Waals surface area contributed by atoms with Crippen molar-refractivity contribution in [3.63, 3.8) is 0 Å². The van der Waals surface area contributed by atoms with Gasteiger partial charge >= 0.3 is 0 Å². The zero-order chi connectivity index (χ0) is 11.5. The van der Waals surface area contributed by atoms with Crippen molar-refractivity contribution in [2.75, 3.05) is 0 Å². The highest BCUT2D eigenvalue weighted by Gasteiger charge is 2.19.